The third-order valence-corrected chi connectivity index (χ3v) is 5.14. The third-order valence-electron chi connectivity index (χ3n) is 3.34. The number of hydrogen-bond acceptors (Lipinski definition) is 3. The first kappa shape index (κ1) is 14.6. The molecule has 1 aromatic rings. The first-order chi connectivity index (χ1) is 8.89. The van der Waals surface area contributed by atoms with Crippen molar-refractivity contribution >= 4 is 10.0 Å². The van der Waals surface area contributed by atoms with Crippen molar-refractivity contribution in [3.63, 3.8) is 0 Å². The maximum atomic E-state index is 12.3. The molecule has 6 heteroatoms. The number of aromatic amines is 1. The molecule has 0 bridgehead atoms. The van der Waals surface area contributed by atoms with Gasteiger partial charge in [-0.1, -0.05) is 13.8 Å². The molecule has 0 radical (unpaired) electrons. The van der Waals surface area contributed by atoms with Crippen LogP contribution in [0.2, 0.25) is 0 Å². The summed E-state index contributed by atoms with van der Waals surface area (Å²) in [5.74, 6) is 0.556. The highest BCUT2D eigenvalue weighted by Gasteiger charge is 2.29. The highest BCUT2D eigenvalue weighted by molar-refractivity contribution is 7.89. The van der Waals surface area contributed by atoms with E-state index in [1.54, 1.807) is 19.3 Å². The average molecular weight is 285 g/mol. The Labute approximate surface area is 115 Å². The first-order valence-electron chi connectivity index (χ1n) is 6.76. The fraction of sp³-hybridized carbons (Fsp3) is 0.692. The largest absolute Gasteiger partial charge is 0.363 e. The van der Waals surface area contributed by atoms with E-state index in [0.717, 1.165) is 18.5 Å². The lowest BCUT2D eigenvalue weighted by Crippen LogP contribution is -2.28. The smallest absolute Gasteiger partial charge is 0.244 e. The topological polar surface area (TPSA) is 65.2 Å². The SMILES string of the molecule is CC(C)NCc1cc(S(=O)(=O)N(C)CC2CC2)c[nH]1. The minimum Gasteiger partial charge on any atom is -0.363 e. The van der Waals surface area contributed by atoms with Gasteiger partial charge in [-0.3, -0.25) is 0 Å². The Morgan fingerprint density at radius 1 is 1.47 bits per heavy atom. The van der Waals surface area contributed by atoms with E-state index in [-0.39, 0.29) is 0 Å². The number of nitrogens with zero attached hydrogens (tertiary/aromatic N) is 1. The second kappa shape index (κ2) is 5.64. The van der Waals surface area contributed by atoms with Crippen LogP contribution in [0.15, 0.2) is 17.2 Å². The van der Waals surface area contributed by atoms with Gasteiger partial charge in [0, 0.05) is 38.1 Å². The van der Waals surface area contributed by atoms with Crippen molar-refractivity contribution in [2.45, 2.75) is 44.2 Å². The molecule has 2 N–H and O–H groups in total. The van der Waals surface area contributed by atoms with Gasteiger partial charge in [0.1, 0.15) is 0 Å². The van der Waals surface area contributed by atoms with Crippen LogP contribution in [0.4, 0.5) is 0 Å². The maximum Gasteiger partial charge on any atom is 0.244 e. The standard InChI is InChI=1S/C13H23N3O2S/c1-10(2)14-7-12-6-13(8-15-12)19(17,18)16(3)9-11-4-5-11/h6,8,10-11,14-15H,4-5,7,9H2,1-3H3. The number of aromatic nitrogens is 1. The Hall–Kier alpha value is -0.850. The third kappa shape index (κ3) is 3.81. The fourth-order valence-corrected chi connectivity index (χ4v) is 3.19. The van der Waals surface area contributed by atoms with Crippen LogP contribution in [0.3, 0.4) is 0 Å². The van der Waals surface area contributed by atoms with E-state index in [4.69, 9.17) is 0 Å². The van der Waals surface area contributed by atoms with E-state index >= 15 is 0 Å². The zero-order valence-corrected chi connectivity index (χ0v) is 12.6. The molecule has 0 amide bonds. The highest BCUT2D eigenvalue weighted by atomic mass is 32.2. The molecule has 1 aliphatic carbocycles. The van der Waals surface area contributed by atoms with Crippen LogP contribution in [0, 0.1) is 5.92 Å². The molecule has 0 atom stereocenters. The normalized spacial score (nSPS) is 16.5. The van der Waals surface area contributed by atoms with Gasteiger partial charge < -0.3 is 10.3 Å². The van der Waals surface area contributed by atoms with Crippen molar-refractivity contribution < 1.29 is 8.42 Å². The summed E-state index contributed by atoms with van der Waals surface area (Å²) in [6.45, 7) is 5.40. The Balaban J connectivity index is 2.03. The van der Waals surface area contributed by atoms with Crippen molar-refractivity contribution in [1.29, 1.82) is 0 Å². The lowest BCUT2D eigenvalue weighted by molar-refractivity contribution is 0.453. The van der Waals surface area contributed by atoms with Gasteiger partial charge in [-0.05, 0) is 24.8 Å². The minimum absolute atomic E-state index is 0.358. The number of rotatable bonds is 7. The van der Waals surface area contributed by atoms with Crippen LogP contribution in [-0.2, 0) is 16.6 Å². The van der Waals surface area contributed by atoms with Crippen LogP contribution >= 0.6 is 0 Å². The molecule has 0 unspecified atom stereocenters. The van der Waals surface area contributed by atoms with Gasteiger partial charge in [-0.2, -0.15) is 0 Å². The number of nitrogens with one attached hydrogen (secondary N) is 2. The summed E-state index contributed by atoms with van der Waals surface area (Å²) in [5, 5.41) is 3.26. The van der Waals surface area contributed by atoms with E-state index in [0.29, 0.717) is 29.9 Å². The summed E-state index contributed by atoms with van der Waals surface area (Å²) in [4.78, 5) is 3.38. The minimum atomic E-state index is -3.34. The second-order valence-electron chi connectivity index (χ2n) is 5.63. The van der Waals surface area contributed by atoms with Crippen molar-refractivity contribution in [1.82, 2.24) is 14.6 Å². The summed E-state index contributed by atoms with van der Waals surface area (Å²) in [6, 6.07) is 2.09. The highest BCUT2D eigenvalue weighted by Crippen LogP contribution is 2.31. The zero-order valence-electron chi connectivity index (χ0n) is 11.8. The second-order valence-corrected chi connectivity index (χ2v) is 7.67. The average Bonchev–Trinajstić information content (AvgIpc) is 3.01. The summed E-state index contributed by atoms with van der Waals surface area (Å²) in [6.07, 6.45) is 3.88. The van der Waals surface area contributed by atoms with Gasteiger partial charge in [-0.25, -0.2) is 12.7 Å². The maximum absolute atomic E-state index is 12.3. The first-order valence-corrected chi connectivity index (χ1v) is 8.20. The Morgan fingerprint density at radius 2 is 2.16 bits per heavy atom. The molecule has 1 heterocycles. The molecule has 1 aliphatic rings. The lowest BCUT2D eigenvalue weighted by atomic mass is 10.3. The quantitative estimate of drug-likeness (QED) is 0.799. The zero-order chi connectivity index (χ0) is 14.0. The van der Waals surface area contributed by atoms with Gasteiger partial charge in [0.15, 0.2) is 0 Å². The molecule has 0 spiro atoms. The molecule has 2 rings (SSSR count). The van der Waals surface area contributed by atoms with Crippen molar-refractivity contribution in [3.05, 3.63) is 18.0 Å². The predicted octanol–water partition coefficient (Wildman–Crippen LogP) is 1.54. The molecular formula is C13H23N3O2S. The molecular weight excluding hydrogens is 262 g/mol. The van der Waals surface area contributed by atoms with E-state index in [2.05, 4.69) is 24.1 Å². The molecule has 1 aromatic heterocycles. The van der Waals surface area contributed by atoms with Gasteiger partial charge in [0.2, 0.25) is 10.0 Å². The molecule has 1 saturated carbocycles. The molecule has 1 fully saturated rings. The van der Waals surface area contributed by atoms with Gasteiger partial charge >= 0.3 is 0 Å². The lowest BCUT2D eigenvalue weighted by Gasteiger charge is -2.15. The fourth-order valence-electron chi connectivity index (χ4n) is 1.93. The van der Waals surface area contributed by atoms with Crippen molar-refractivity contribution in [3.8, 4) is 0 Å². The van der Waals surface area contributed by atoms with Crippen molar-refractivity contribution in [2.24, 2.45) is 5.92 Å². The van der Waals surface area contributed by atoms with Crippen LogP contribution in [0.25, 0.3) is 0 Å². The monoisotopic (exact) mass is 285 g/mol. The van der Waals surface area contributed by atoms with E-state index in [9.17, 15) is 8.42 Å². The Morgan fingerprint density at radius 3 is 2.74 bits per heavy atom. The van der Waals surface area contributed by atoms with Gasteiger partial charge in [-0.15, -0.1) is 0 Å². The molecule has 19 heavy (non-hydrogen) atoms. The van der Waals surface area contributed by atoms with E-state index < -0.39 is 10.0 Å². The van der Waals surface area contributed by atoms with E-state index in [1.807, 2.05) is 0 Å². The number of sulfonamides is 1. The van der Waals surface area contributed by atoms with Crippen LogP contribution < -0.4 is 5.32 Å². The van der Waals surface area contributed by atoms with Crippen molar-refractivity contribution in [2.75, 3.05) is 13.6 Å². The van der Waals surface area contributed by atoms with Crippen LogP contribution in [0.1, 0.15) is 32.4 Å². The van der Waals surface area contributed by atoms with Crippen LogP contribution in [-0.4, -0.2) is 37.3 Å². The summed E-state index contributed by atoms with van der Waals surface area (Å²) >= 11 is 0. The Kier molecular flexibility index (Phi) is 4.32. The molecule has 0 aliphatic heterocycles. The van der Waals surface area contributed by atoms with E-state index in [1.165, 1.54) is 4.31 Å². The Bertz CT molecular complexity index is 518. The molecule has 0 saturated heterocycles. The molecule has 0 aromatic carbocycles. The number of hydrogen-bond donors (Lipinski definition) is 2. The summed E-state index contributed by atoms with van der Waals surface area (Å²) < 4.78 is 26.1. The number of H-pyrrole nitrogens is 1. The predicted molar refractivity (Wildman–Crippen MR) is 75.3 cm³/mol. The van der Waals surface area contributed by atoms with Gasteiger partial charge in [0.25, 0.3) is 0 Å². The van der Waals surface area contributed by atoms with Crippen LogP contribution in [0.5, 0.6) is 0 Å². The summed E-state index contributed by atoms with van der Waals surface area (Å²) in [7, 11) is -1.68. The molecule has 5 nitrogen and oxygen atoms in total. The van der Waals surface area contributed by atoms with Gasteiger partial charge in [0.05, 0.1) is 4.90 Å². The molecule has 108 valence electrons. The summed E-state index contributed by atoms with van der Waals surface area (Å²) in [5.41, 5.74) is 0.895.